The van der Waals surface area contributed by atoms with Gasteiger partial charge in [0.15, 0.2) is 0 Å². The molecule has 2 aromatic heterocycles. The number of aryl methyl sites for hydroxylation is 2. The molecule has 3 rings (SSSR count). The van der Waals surface area contributed by atoms with E-state index >= 15 is 0 Å². The minimum Gasteiger partial charge on any atom is -0.350 e. The zero-order valence-corrected chi connectivity index (χ0v) is 21.0. The molecule has 0 radical (unpaired) electrons. The van der Waals surface area contributed by atoms with E-state index in [2.05, 4.69) is 23.9 Å². The largest absolute Gasteiger partial charge is 0.490 e. The minimum atomic E-state index is -5.70. The van der Waals surface area contributed by atoms with Crippen LogP contribution in [0, 0.1) is 20.8 Å². The molecule has 1 aliphatic heterocycles. The van der Waals surface area contributed by atoms with Crippen molar-refractivity contribution in [2.24, 2.45) is 0 Å². The first-order valence-electron chi connectivity index (χ1n) is 9.62. The Morgan fingerprint density at radius 3 is 2.34 bits per heavy atom. The number of H-pyrrole nitrogens is 1. The quantitative estimate of drug-likeness (QED) is 0.251. The molecule has 0 amide bonds. The Morgan fingerprint density at radius 1 is 1.11 bits per heavy atom. The van der Waals surface area contributed by atoms with Gasteiger partial charge in [0, 0.05) is 18.2 Å². The van der Waals surface area contributed by atoms with Gasteiger partial charge in [0.2, 0.25) is 0 Å². The fourth-order valence-electron chi connectivity index (χ4n) is 3.30. The van der Waals surface area contributed by atoms with Crippen molar-refractivity contribution in [2.75, 3.05) is 6.61 Å². The summed E-state index contributed by atoms with van der Waals surface area (Å²) in [7, 11) is -16.7. The topological polar surface area (TPSA) is 255 Å². The summed E-state index contributed by atoms with van der Waals surface area (Å²) in [4.78, 5) is 62.4. The molecular formula is C14H22N5O13P3. The number of hydrogen-bond donors (Lipinski definition) is 5. The van der Waals surface area contributed by atoms with E-state index in [9.17, 15) is 33.1 Å². The highest BCUT2D eigenvalue weighted by molar-refractivity contribution is 7.66. The molecule has 0 saturated carbocycles. The lowest BCUT2D eigenvalue weighted by Gasteiger charge is -2.21. The molecule has 196 valence electrons. The fourth-order valence-corrected chi connectivity index (χ4v) is 6.33. The van der Waals surface area contributed by atoms with E-state index in [1.807, 2.05) is 0 Å². The minimum absolute atomic E-state index is 0.0689. The Kier molecular flexibility index (Phi) is 7.87. The van der Waals surface area contributed by atoms with Gasteiger partial charge in [-0.05, 0) is 20.8 Å². The third kappa shape index (κ3) is 6.90. The highest BCUT2D eigenvalue weighted by Gasteiger charge is 2.44. The van der Waals surface area contributed by atoms with E-state index < -0.39 is 59.7 Å². The van der Waals surface area contributed by atoms with Crippen LogP contribution < -0.4 is 11.2 Å². The third-order valence-electron chi connectivity index (χ3n) is 4.95. The molecule has 3 heterocycles. The Balaban J connectivity index is 1.85. The lowest BCUT2D eigenvalue weighted by molar-refractivity contribution is -0.0319. The SMILES string of the molecule is Cc1nnn([C@H]2C[C@H](n3cc(C)c(=O)[nH]c3=O)O[C@@H]2COP(=O)(O)OP(=O)(O)OP(=O)(O)O)c1C. The lowest BCUT2D eigenvalue weighted by Crippen LogP contribution is -2.33. The summed E-state index contributed by atoms with van der Waals surface area (Å²) in [6, 6.07) is -0.729. The van der Waals surface area contributed by atoms with Crippen LogP contribution in [0.25, 0.3) is 0 Å². The van der Waals surface area contributed by atoms with E-state index in [-0.39, 0.29) is 12.0 Å². The van der Waals surface area contributed by atoms with Crippen LogP contribution in [-0.2, 0) is 31.6 Å². The average Bonchev–Trinajstić information content (AvgIpc) is 3.24. The second-order valence-electron chi connectivity index (χ2n) is 7.50. The predicted octanol–water partition coefficient (Wildman–Crippen LogP) is -0.0745. The van der Waals surface area contributed by atoms with E-state index in [1.165, 1.54) is 17.8 Å². The molecule has 0 spiro atoms. The highest BCUT2D eigenvalue weighted by atomic mass is 31.3. The van der Waals surface area contributed by atoms with Crippen LogP contribution in [0.4, 0.5) is 0 Å². The van der Waals surface area contributed by atoms with Crippen LogP contribution in [0.2, 0.25) is 0 Å². The van der Waals surface area contributed by atoms with E-state index in [4.69, 9.17) is 19.0 Å². The molecule has 2 unspecified atom stereocenters. The maximum absolute atomic E-state index is 12.3. The maximum atomic E-state index is 12.3. The van der Waals surface area contributed by atoms with Gasteiger partial charge in [0.25, 0.3) is 5.56 Å². The van der Waals surface area contributed by atoms with Crippen molar-refractivity contribution in [3.8, 4) is 0 Å². The average molecular weight is 561 g/mol. The van der Waals surface area contributed by atoms with Crippen molar-refractivity contribution >= 4 is 23.5 Å². The molecule has 5 atom stereocenters. The molecule has 0 aromatic carbocycles. The van der Waals surface area contributed by atoms with Gasteiger partial charge in [-0.25, -0.2) is 23.2 Å². The lowest BCUT2D eigenvalue weighted by atomic mass is 10.1. The maximum Gasteiger partial charge on any atom is 0.490 e. The number of ether oxygens (including phenoxy) is 1. The normalized spacial score (nSPS) is 24.3. The number of hydrogen-bond acceptors (Lipinski definition) is 11. The van der Waals surface area contributed by atoms with Gasteiger partial charge in [0.05, 0.1) is 24.0 Å². The van der Waals surface area contributed by atoms with E-state index in [1.54, 1.807) is 13.8 Å². The van der Waals surface area contributed by atoms with Gasteiger partial charge < -0.3 is 24.3 Å². The Hall–Kier alpha value is -1.81. The van der Waals surface area contributed by atoms with Gasteiger partial charge >= 0.3 is 29.2 Å². The first kappa shape index (κ1) is 27.8. The second-order valence-corrected chi connectivity index (χ2v) is 11.9. The number of phosphoric acid groups is 3. The number of nitrogens with one attached hydrogen (secondary N) is 1. The molecule has 0 bridgehead atoms. The molecule has 5 N–H and O–H groups in total. The monoisotopic (exact) mass is 561 g/mol. The molecule has 1 fully saturated rings. The number of aromatic amines is 1. The first-order valence-corrected chi connectivity index (χ1v) is 14.1. The molecule has 1 saturated heterocycles. The number of phosphoric ester groups is 1. The Bertz CT molecular complexity index is 1360. The summed E-state index contributed by atoms with van der Waals surface area (Å²) in [5, 5.41) is 7.94. The summed E-state index contributed by atoms with van der Waals surface area (Å²) in [6.07, 6.45) is -0.753. The van der Waals surface area contributed by atoms with Gasteiger partial charge in [0.1, 0.15) is 12.3 Å². The summed E-state index contributed by atoms with van der Waals surface area (Å²) in [5.41, 5.74) is 0.0242. The molecule has 21 heteroatoms. The van der Waals surface area contributed by atoms with Crippen molar-refractivity contribution < 1.29 is 51.2 Å². The van der Waals surface area contributed by atoms with Crippen molar-refractivity contribution in [3.63, 3.8) is 0 Å². The van der Waals surface area contributed by atoms with Gasteiger partial charge in [-0.2, -0.15) is 8.62 Å². The van der Waals surface area contributed by atoms with Gasteiger partial charge in [-0.3, -0.25) is 18.9 Å². The predicted molar refractivity (Wildman–Crippen MR) is 113 cm³/mol. The van der Waals surface area contributed by atoms with E-state index in [0.29, 0.717) is 11.4 Å². The standard InChI is InChI=1S/C14H22N5O13P3/c1-7-5-18(14(21)15-13(7)20)12-4-10(19-9(3)8(2)16-17-19)11(30-12)6-29-34(25,26)32-35(27,28)31-33(22,23)24/h5,10-12H,4,6H2,1-3H3,(H,25,26)(H,27,28)(H,15,20,21)(H2,22,23,24)/t10-,11+,12+/m0/s1. The van der Waals surface area contributed by atoms with Crippen molar-refractivity contribution in [1.29, 1.82) is 0 Å². The first-order chi connectivity index (χ1) is 16.0. The molecule has 0 aliphatic carbocycles. The summed E-state index contributed by atoms with van der Waals surface area (Å²) >= 11 is 0. The molecular weight excluding hydrogens is 539 g/mol. The van der Waals surface area contributed by atoms with Crippen LogP contribution in [0.1, 0.15) is 35.6 Å². The van der Waals surface area contributed by atoms with Gasteiger partial charge in [-0.15, -0.1) is 5.10 Å². The van der Waals surface area contributed by atoms with Crippen LogP contribution >= 0.6 is 23.5 Å². The zero-order valence-electron chi connectivity index (χ0n) is 18.3. The van der Waals surface area contributed by atoms with E-state index in [0.717, 1.165) is 4.57 Å². The van der Waals surface area contributed by atoms with Crippen LogP contribution in [0.5, 0.6) is 0 Å². The molecule has 2 aromatic rings. The summed E-state index contributed by atoms with van der Waals surface area (Å²) in [6.45, 7) is 4.08. The highest BCUT2D eigenvalue weighted by Crippen LogP contribution is 2.66. The second kappa shape index (κ2) is 9.92. The smallest absolute Gasteiger partial charge is 0.350 e. The summed E-state index contributed by atoms with van der Waals surface area (Å²) in [5.74, 6) is 0. The van der Waals surface area contributed by atoms with Crippen molar-refractivity contribution in [1.82, 2.24) is 24.5 Å². The van der Waals surface area contributed by atoms with Gasteiger partial charge in [-0.1, -0.05) is 5.21 Å². The molecule has 1 aliphatic rings. The molecule has 18 nitrogen and oxygen atoms in total. The zero-order chi connectivity index (χ0) is 26.3. The Morgan fingerprint density at radius 2 is 1.77 bits per heavy atom. The Labute approximate surface area is 195 Å². The van der Waals surface area contributed by atoms with Crippen LogP contribution in [0.3, 0.4) is 0 Å². The molecule has 35 heavy (non-hydrogen) atoms. The number of rotatable bonds is 9. The third-order valence-corrected chi connectivity index (χ3v) is 8.75. The summed E-state index contributed by atoms with van der Waals surface area (Å²) < 4.78 is 54.9. The van der Waals surface area contributed by atoms with Crippen LogP contribution in [-0.4, -0.2) is 56.8 Å². The number of aromatic nitrogens is 5. The van der Waals surface area contributed by atoms with Crippen molar-refractivity contribution in [2.45, 2.75) is 45.6 Å². The van der Waals surface area contributed by atoms with Crippen LogP contribution in [0.15, 0.2) is 15.8 Å². The fraction of sp³-hybridized carbons (Fsp3) is 0.571. The van der Waals surface area contributed by atoms with Crippen molar-refractivity contribution in [3.05, 3.63) is 44.0 Å². The number of nitrogens with zero attached hydrogens (tertiary/aromatic N) is 4.